The van der Waals surface area contributed by atoms with Crippen LogP contribution in [-0.2, 0) is 13.6 Å². The zero-order chi connectivity index (χ0) is 15.8. The first kappa shape index (κ1) is 17.0. The van der Waals surface area contributed by atoms with Gasteiger partial charge in [0.25, 0.3) is 0 Å². The van der Waals surface area contributed by atoms with Crippen LogP contribution in [0.2, 0.25) is 0 Å². The van der Waals surface area contributed by atoms with Crippen LogP contribution in [0.5, 0.6) is 0 Å². The first-order valence-corrected chi connectivity index (χ1v) is 9.16. The highest BCUT2D eigenvalue weighted by molar-refractivity contribution is 9.09. The van der Waals surface area contributed by atoms with Gasteiger partial charge in [0.2, 0.25) is 0 Å². The molecule has 1 atom stereocenters. The van der Waals surface area contributed by atoms with E-state index < -0.39 is 10.2 Å². The standard InChI is InChI=1S/C12H14BrN2S.ClHO4/c1-12(7-13)8-15-10-6-4-3-5-9(10)14(2)11(15)16-12;2-1(3,4)5/h3-6H,7-8H2,1-2H3;(H,2,3,4,5)/q+1;/p-1. The number of aromatic nitrogens is 2. The predicted octanol–water partition coefficient (Wildman–Crippen LogP) is -2.03. The summed E-state index contributed by atoms with van der Waals surface area (Å²) in [5.41, 5.74) is 2.67. The Balaban J connectivity index is 0.000000282. The van der Waals surface area contributed by atoms with E-state index in [9.17, 15) is 0 Å². The molecule has 0 amide bonds. The number of fused-ring (bicyclic) bond motifs is 3. The van der Waals surface area contributed by atoms with Crippen LogP contribution in [0.4, 0.5) is 0 Å². The zero-order valence-electron chi connectivity index (χ0n) is 11.4. The number of halogens is 2. The number of benzene rings is 1. The lowest BCUT2D eigenvalue weighted by Gasteiger charge is -2.17. The fourth-order valence-corrected chi connectivity index (χ4v) is 4.01. The van der Waals surface area contributed by atoms with E-state index >= 15 is 0 Å². The number of aryl methyl sites for hydroxylation is 1. The van der Waals surface area contributed by atoms with Crippen molar-refractivity contribution in [3.63, 3.8) is 0 Å². The Morgan fingerprint density at radius 3 is 2.48 bits per heavy atom. The molecule has 3 rings (SSSR count). The van der Waals surface area contributed by atoms with Crippen molar-refractivity contribution >= 4 is 38.7 Å². The van der Waals surface area contributed by atoms with E-state index in [4.69, 9.17) is 18.6 Å². The summed E-state index contributed by atoms with van der Waals surface area (Å²) >= 11 is 5.59. The fraction of sp³-hybridized carbons (Fsp3) is 0.417. The average molecular weight is 398 g/mol. The lowest BCUT2D eigenvalue weighted by Crippen LogP contribution is -2.68. The molecule has 1 aliphatic rings. The number of nitrogens with zero attached hydrogens (tertiary/aromatic N) is 2. The van der Waals surface area contributed by atoms with Gasteiger partial charge < -0.3 is 0 Å². The molecule has 0 aliphatic carbocycles. The number of hydrogen-bond donors (Lipinski definition) is 0. The molecule has 1 aromatic carbocycles. The molecule has 1 aliphatic heterocycles. The van der Waals surface area contributed by atoms with E-state index in [2.05, 4.69) is 63.3 Å². The molecular weight excluding hydrogens is 384 g/mol. The number of hydrogen-bond acceptors (Lipinski definition) is 5. The van der Waals surface area contributed by atoms with Crippen molar-refractivity contribution in [2.24, 2.45) is 7.05 Å². The molecule has 0 fully saturated rings. The molecule has 21 heavy (non-hydrogen) atoms. The van der Waals surface area contributed by atoms with Crippen LogP contribution in [0, 0.1) is 10.2 Å². The Bertz CT molecular complexity index is 654. The van der Waals surface area contributed by atoms with Crippen LogP contribution >= 0.6 is 27.7 Å². The molecule has 2 heterocycles. The largest absolute Gasteiger partial charge is 0.319 e. The van der Waals surface area contributed by atoms with Gasteiger partial charge >= 0.3 is 5.16 Å². The molecule has 0 bridgehead atoms. The summed E-state index contributed by atoms with van der Waals surface area (Å²) in [5, 5.41) is 2.39. The van der Waals surface area contributed by atoms with Crippen LogP contribution < -0.4 is 23.2 Å². The van der Waals surface area contributed by atoms with Crippen LogP contribution in [0.1, 0.15) is 6.92 Å². The smallest absolute Gasteiger partial charge is 0.222 e. The predicted molar refractivity (Wildman–Crippen MR) is 71.2 cm³/mol. The van der Waals surface area contributed by atoms with Crippen molar-refractivity contribution in [2.75, 3.05) is 5.33 Å². The second kappa shape index (κ2) is 6.04. The summed E-state index contributed by atoms with van der Waals surface area (Å²) < 4.78 is 39.0. The van der Waals surface area contributed by atoms with Gasteiger partial charge in [-0.3, -0.25) is 0 Å². The maximum Gasteiger partial charge on any atom is 0.319 e. The molecule has 9 heteroatoms. The van der Waals surface area contributed by atoms with Gasteiger partial charge in [0, 0.05) is 5.33 Å². The normalized spacial score (nSPS) is 21.1. The van der Waals surface area contributed by atoms with Gasteiger partial charge in [-0.05, 0) is 30.8 Å². The molecule has 1 aromatic heterocycles. The van der Waals surface area contributed by atoms with E-state index in [1.807, 2.05) is 11.8 Å². The van der Waals surface area contributed by atoms with Crippen LogP contribution in [0.3, 0.4) is 0 Å². The van der Waals surface area contributed by atoms with E-state index in [-0.39, 0.29) is 4.75 Å². The summed E-state index contributed by atoms with van der Waals surface area (Å²) in [6.07, 6.45) is 0. The molecule has 2 aromatic rings. The summed E-state index contributed by atoms with van der Waals surface area (Å²) in [5.74, 6) is 0. The quantitative estimate of drug-likeness (QED) is 0.408. The van der Waals surface area contributed by atoms with Gasteiger partial charge in [-0.2, -0.15) is 0 Å². The minimum Gasteiger partial charge on any atom is -0.222 e. The summed E-state index contributed by atoms with van der Waals surface area (Å²) in [4.78, 5) is 0. The second-order valence-corrected chi connectivity index (χ2v) is 7.85. The van der Waals surface area contributed by atoms with Crippen molar-refractivity contribution in [1.82, 2.24) is 4.57 Å². The van der Waals surface area contributed by atoms with E-state index in [0.29, 0.717) is 0 Å². The molecule has 0 saturated carbocycles. The van der Waals surface area contributed by atoms with Crippen molar-refractivity contribution in [3.05, 3.63) is 24.3 Å². The van der Waals surface area contributed by atoms with Gasteiger partial charge in [-0.1, -0.05) is 28.1 Å². The molecule has 0 saturated heterocycles. The van der Waals surface area contributed by atoms with Gasteiger partial charge in [-0.25, -0.2) is 27.8 Å². The zero-order valence-corrected chi connectivity index (χ0v) is 14.6. The van der Waals surface area contributed by atoms with Crippen LogP contribution in [0.15, 0.2) is 29.4 Å². The number of imidazole rings is 1. The number of rotatable bonds is 1. The number of thioether (sulfide) groups is 1. The SMILES string of the molecule is C[n+]1c2n(c3ccccc31)CC(C)(CBr)S2.[O-][Cl+3]([O-])([O-])[O-]. The highest BCUT2D eigenvalue weighted by atomic mass is 79.9. The Labute approximate surface area is 136 Å². The molecule has 116 valence electrons. The lowest BCUT2D eigenvalue weighted by atomic mass is 10.2. The van der Waals surface area contributed by atoms with Gasteiger partial charge in [0.15, 0.2) is 11.0 Å². The Morgan fingerprint density at radius 2 is 1.90 bits per heavy atom. The van der Waals surface area contributed by atoms with Crippen molar-refractivity contribution < 1.29 is 33.4 Å². The minimum atomic E-state index is -4.94. The third kappa shape index (κ3) is 3.89. The van der Waals surface area contributed by atoms with Crippen molar-refractivity contribution in [3.8, 4) is 0 Å². The number of para-hydroxylation sites is 2. The Kier molecular flexibility index (Phi) is 4.89. The minimum absolute atomic E-state index is 0.289. The van der Waals surface area contributed by atoms with Gasteiger partial charge in [0.1, 0.15) is 6.54 Å². The molecule has 6 nitrogen and oxygen atoms in total. The van der Waals surface area contributed by atoms with E-state index in [0.717, 1.165) is 11.9 Å². The maximum atomic E-state index is 8.49. The third-order valence-electron chi connectivity index (χ3n) is 3.16. The molecule has 1 unspecified atom stereocenters. The monoisotopic (exact) mass is 396 g/mol. The third-order valence-corrected chi connectivity index (χ3v) is 6.22. The molecular formula is C12H14BrClN2O4S. The van der Waals surface area contributed by atoms with E-state index in [1.165, 1.54) is 16.2 Å². The summed E-state index contributed by atoms with van der Waals surface area (Å²) in [7, 11) is -2.79. The highest BCUT2D eigenvalue weighted by Crippen LogP contribution is 2.42. The maximum absolute atomic E-state index is 8.49. The van der Waals surface area contributed by atoms with Crippen LogP contribution in [-0.4, -0.2) is 14.6 Å². The van der Waals surface area contributed by atoms with E-state index in [1.54, 1.807) is 0 Å². The molecule has 0 N–H and O–H groups in total. The molecule has 0 radical (unpaired) electrons. The first-order chi connectivity index (χ1) is 9.64. The fourth-order valence-electron chi connectivity index (χ4n) is 2.30. The van der Waals surface area contributed by atoms with Crippen LogP contribution in [0.25, 0.3) is 11.0 Å². The second-order valence-electron chi connectivity index (χ2n) is 4.98. The average Bonchev–Trinajstić information content (AvgIpc) is 2.85. The lowest BCUT2D eigenvalue weighted by molar-refractivity contribution is -2.00. The Hall–Kier alpha value is -0.350. The number of alkyl halides is 1. The van der Waals surface area contributed by atoms with Gasteiger partial charge in [0.05, 0.1) is 11.8 Å². The van der Waals surface area contributed by atoms with Crippen molar-refractivity contribution in [2.45, 2.75) is 23.4 Å². The molecule has 0 spiro atoms. The van der Waals surface area contributed by atoms with Gasteiger partial charge in [-0.15, -0.1) is 10.2 Å². The summed E-state index contributed by atoms with van der Waals surface area (Å²) in [6.45, 7) is 3.40. The first-order valence-electron chi connectivity index (χ1n) is 5.99. The Morgan fingerprint density at radius 1 is 1.33 bits per heavy atom. The van der Waals surface area contributed by atoms with Crippen molar-refractivity contribution in [1.29, 1.82) is 0 Å². The highest BCUT2D eigenvalue weighted by Gasteiger charge is 2.42. The summed E-state index contributed by atoms with van der Waals surface area (Å²) in [6, 6.07) is 8.61. The topological polar surface area (TPSA) is 101 Å².